The van der Waals surface area contributed by atoms with Crippen LogP contribution in [0.1, 0.15) is 32.6 Å². The zero-order valence-electron chi connectivity index (χ0n) is 14.8. The first-order valence-electron chi connectivity index (χ1n) is 8.78. The van der Waals surface area contributed by atoms with Crippen molar-refractivity contribution in [2.45, 2.75) is 38.6 Å². The number of hydrogen-bond donors (Lipinski definition) is 1. The number of rotatable bonds is 7. The molecule has 1 fully saturated rings. The van der Waals surface area contributed by atoms with Gasteiger partial charge in [0.25, 0.3) is 0 Å². The van der Waals surface area contributed by atoms with E-state index >= 15 is 0 Å². The topological polar surface area (TPSA) is 67.9 Å². The summed E-state index contributed by atoms with van der Waals surface area (Å²) in [6.07, 6.45) is 2.17. The van der Waals surface area contributed by atoms with E-state index in [1.54, 1.807) is 19.1 Å². The number of halogens is 2. The van der Waals surface area contributed by atoms with Crippen LogP contribution in [0.15, 0.2) is 22.7 Å². The number of piperidine rings is 1. The van der Waals surface area contributed by atoms with Crippen molar-refractivity contribution in [2.75, 3.05) is 26.3 Å². The fraction of sp³-hybridized carbons (Fsp3) is 0.556. The summed E-state index contributed by atoms with van der Waals surface area (Å²) in [7, 11) is 0. The molecule has 26 heavy (non-hydrogen) atoms. The Labute approximate surface area is 167 Å². The molecule has 0 saturated carbocycles. The van der Waals surface area contributed by atoms with E-state index in [-0.39, 0.29) is 18.0 Å². The molecule has 0 aromatic heterocycles. The number of carbonyl (C=O) groups is 2. The van der Waals surface area contributed by atoms with Gasteiger partial charge in [-0.15, -0.1) is 0 Å². The number of nitrogens with zero attached hydrogens (tertiary/aromatic N) is 1. The second-order valence-electron chi connectivity index (χ2n) is 6.05. The summed E-state index contributed by atoms with van der Waals surface area (Å²) >= 11 is 9.44. The Balaban J connectivity index is 1.64. The predicted molar refractivity (Wildman–Crippen MR) is 104 cm³/mol. The molecule has 0 unspecified atom stereocenters. The van der Waals surface area contributed by atoms with E-state index in [0.29, 0.717) is 49.9 Å². The smallest absolute Gasteiger partial charge is 0.407 e. The minimum atomic E-state index is -0.388. The molecule has 0 bridgehead atoms. The third kappa shape index (κ3) is 6.68. The summed E-state index contributed by atoms with van der Waals surface area (Å²) < 4.78 is 11.4. The van der Waals surface area contributed by atoms with Crippen LogP contribution < -0.4 is 10.1 Å². The number of amides is 2. The van der Waals surface area contributed by atoms with Gasteiger partial charge in [-0.1, -0.05) is 27.5 Å². The molecule has 1 aliphatic rings. The minimum absolute atomic E-state index is 0.0704. The lowest BCUT2D eigenvalue weighted by atomic mass is 10.0. The molecule has 0 radical (unpaired) electrons. The maximum Gasteiger partial charge on any atom is 0.407 e. The normalized spacial score (nSPS) is 14.8. The summed E-state index contributed by atoms with van der Waals surface area (Å²) in [5, 5.41) is 3.37. The van der Waals surface area contributed by atoms with E-state index in [2.05, 4.69) is 21.2 Å². The third-order valence-electron chi connectivity index (χ3n) is 4.13. The number of hydrogen-bond acceptors (Lipinski definition) is 4. The van der Waals surface area contributed by atoms with Gasteiger partial charge < -0.3 is 19.7 Å². The fourth-order valence-electron chi connectivity index (χ4n) is 2.77. The molecule has 2 amide bonds. The first-order valence-corrected chi connectivity index (χ1v) is 9.95. The van der Waals surface area contributed by atoms with Gasteiger partial charge in [-0.05, 0) is 44.4 Å². The van der Waals surface area contributed by atoms with Crippen molar-refractivity contribution in [3.8, 4) is 5.75 Å². The van der Waals surface area contributed by atoms with Crippen molar-refractivity contribution in [2.24, 2.45) is 0 Å². The zero-order valence-corrected chi connectivity index (χ0v) is 17.1. The molecule has 1 aliphatic heterocycles. The monoisotopic (exact) mass is 446 g/mol. The summed E-state index contributed by atoms with van der Waals surface area (Å²) in [5.74, 6) is 0.734. The molecule has 2 rings (SSSR count). The molecular weight excluding hydrogens is 424 g/mol. The quantitative estimate of drug-likeness (QED) is 0.642. The molecule has 1 aromatic rings. The van der Waals surface area contributed by atoms with Crippen LogP contribution in [0.4, 0.5) is 4.79 Å². The van der Waals surface area contributed by atoms with Crippen molar-refractivity contribution in [1.29, 1.82) is 0 Å². The number of alkyl carbamates (subject to hydrolysis) is 1. The first kappa shape index (κ1) is 20.8. The SMILES string of the molecule is CCOC(=O)NC1CCN(C(=O)CCCOc2ccc(Br)cc2Cl)CC1. The first-order chi connectivity index (χ1) is 12.5. The summed E-state index contributed by atoms with van der Waals surface area (Å²) in [6, 6.07) is 5.51. The van der Waals surface area contributed by atoms with Gasteiger partial charge in [0.15, 0.2) is 0 Å². The van der Waals surface area contributed by atoms with Crippen molar-refractivity contribution >= 4 is 39.5 Å². The van der Waals surface area contributed by atoms with Crippen LogP contribution in [-0.4, -0.2) is 49.2 Å². The highest BCUT2D eigenvalue weighted by Crippen LogP contribution is 2.27. The third-order valence-corrected chi connectivity index (χ3v) is 4.92. The Hall–Kier alpha value is -1.47. The van der Waals surface area contributed by atoms with Crippen LogP contribution in [-0.2, 0) is 9.53 Å². The standard InChI is InChI=1S/C18H24BrClN2O4/c1-2-25-18(24)21-14-7-9-22(10-8-14)17(23)4-3-11-26-16-6-5-13(19)12-15(16)20/h5-6,12,14H,2-4,7-11H2,1H3,(H,21,24). The van der Waals surface area contributed by atoms with Gasteiger partial charge in [-0.3, -0.25) is 4.79 Å². The highest BCUT2D eigenvalue weighted by Gasteiger charge is 2.23. The van der Waals surface area contributed by atoms with Gasteiger partial charge >= 0.3 is 6.09 Å². The van der Waals surface area contributed by atoms with Crippen LogP contribution >= 0.6 is 27.5 Å². The summed E-state index contributed by atoms with van der Waals surface area (Å²) in [6.45, 7) is 3.87. The highest BCUT2D eigenvalue weighted by atomic mass is 79.9. The lowest BCUT2D eigenvalue weighted by molar-refractivity contribution is -0.132. The van der Waals surface area contributed by atoms with Gasteiger partial charge in [0.1, 0.15) is 5.75 Å². The van der Waals surface area contributed by atoms with Gasteiger partial charge in [-0.25, -0.2) is 4.79 Å². The predicted octanol–water partition coefficient (Wildman–Crippen LogP) is 4.00. The molecule has 144 valence electrons. The zero-order chi connectivity index (χ0) is 18.9. The van der Waals surface area contributed by atoms with E-state index < -0.39 is 0 Å². The Morgan fingerprint density at radius 1 is 1.35 bits per heavy atom. The molecule has 0 spiro atoms. The largest absolute Gasteiger partial charge is 0.492 e. The van der Waals surface area contributed by atoms with E-state index in [4.69, 9.17) is 21.1 Å². The second kappa shape index (κ2) is 10.6. The van der Waals surface area contributed by atoms with Crippen LogP contribution in [0.2, 0.25) is 5.02 Å². The number of nitrogens with one attached hydrogen (secondary N) is 1. The molecule has 0 aliphatic carbocycles. The molecule has 6 nitrogen and oxygen atoms in total. The van der Waals surface area contributed by atoms with Gasteiger partial charge in [0, 0.05) is 30.0 Å². The van der Waals surface area contributed by atoms with Crippen molar-refractivity contribution in [3.63, 3.8) is 0 Å². The molecule has 8 heteroatoms. The Bertz CT molecular complexity index is 621. The van der Waals surface area contributed by atoms with Gasteiger partial charge in [0.2, 0.25) is 5.91 Å². The van der Waals surface area contributed by atoms with Crippen LogP contribution in [0.5, 0.6) is 5.75 Å². The molecule has 1 heterocycles. The van der Waals surface area contributed by atoms with Gasteiger partial charge in [-0.2, -0.15) is 0 Å². The maximum atomic E-state index is 12.3. The van der Waals surface area contributed by atoms with Crippen LogP contribution in [0.25, 0.3) is 0 Å². The lowest BCUT2D eigenvalue weighted by Crippen LogP contribution is -2.46. The molecule has 1 N–H and O–H groups in total. The van der Waals surface area contributed by atoms with E-state index in [1.165, 1.54) is 0 Å². The molecule has 0 atom stereocenters. The Morgan fingerprint density at radius 2 is 2.08 bits per heavy atom. The Kier molecular flexibility index (Phi) is 8.51. The average Bonchev–Trinajstić information content (AvgIpc) is 2.61. The summed E-state index contributed by atoms with van der Waals surface area (Å²) in [5.41, 5.74) is 0. The second-order valence-corrected chi connectivity index (χ2v) is 7.37. The van der Waals surface area contributed by atoms with Crippen molar-refractivity contribution in [1.82, 2.24) is 10.2 Å². The molecular formula is C18H24BrClN2O4. The number of ether oxygens (including phenoxy) is 2. The minimum Gasteiger partial charge on any atom is -0.492 e. The van der Waals surface area contributed by atoms with Gasteiger partial charge in [0.05, 0.1) is 18.2 Å². The molecule has 1 saturated heterocycles. The maximum absolute atomic E-state index is 12.3. The Morgan fingerprint density at radius 3 is 2.73 bits per heavy atom. The van der Waals surface area contributed by atoms with Crippen LogP contribution in [0.3, 0.4) is 0 Å². The van der Waals surface area contributed by atoms with E-state index in [9.17, 15) is 9.59 Å². The van der Waals surface area contributed by atoms with E-state index in [1.807, 2.05) is 11.0 Å². The van der Waals surface area contributed by atoms with E-state index in [0.717, 1.165) is 17.3 Å². The van der Waals surface area contributed by atoms with Crippen molar-refractivity contribution < 1.29 is 19.1 Å². The summed E-state index contributed by atoms with van der Waals surface area (Å²) in [4.78, 5) is 25.5. The number of benzene rings is 1. The van der Waals surface area contributed by atoms with Crippen molar-refractivity contribution in [3.05, 3.63) is 27.7 Å². The lowest BCUT2D eigenvalue weighted by Gasteiger charge is -2.32. The fourth-order valence-corrected chi connectivity index (χ4v) is 3.50. The number of carbonyl (C=O) groups excluding carboxylic acids is 2. The molecule has 1 aromatic carbocycles. The van der Waals surface area contributed by atoms with Crippen LogP contribution in [0, 0.1) is 0 Å². The highest BCUT2D eigenvalue weighted by molar-refractivity contribution is 9.10. The number of likely N-dealkylation sites (tertiary alicyclic amines) is 1. The average molecular weight is 448 g/mol.